The van der Waals surface area contributed by atoms with Crippen LogP contribution in [0.1, 0.15) is 40.0 Å². The Morgan fingerprint density at radius 3 is 2.29 bits per heavy atom. The van der Waals surface area contributed by atoms with Gasteiger partial charge in [0.1, 0.15) is 5.60 Å². The topological polar surface area (TPSA) is 78.9 Å². The van der Waals surface area contributed by atoms with Gasteiger partial charge in [-0.1, -0.05) is 0 Å². The second-order valence-corrected chi connectivity index (χ2v) is 5.87. The summed E-state index contributed by atoms with van der Waals surface area (Å²) in [6, 6.07) is 0. The molecule has 1 heterocycles. The Bertz CT molecular complexity index is 357. The fraction of sp³-hybridized carbons (Fsp3) is 0.857. The molecule has 1 fully saturated rings. The Morgan fingerprint density at radius 1 is 1.24 bits per heavy atom. The average molecular weight is 306 g/mol. The van der Waals surface area contributed by atoms with Crippen molar-refractivity contribution in [2.75, 3.05) is 27.2 Å². The predicted molar refractivity (Wildman–Crippen MR) is 77.7 cm³/mol. The zero-order valence-corrected chi connectivity index (χ0v) is 13.5. The lowest BCUT2D eigenvalue weighted by Gasteiger charge is -2.26. The minimum Gasteiger partial charge on any atom is -0.444 e. The number of nitrogens with one attached hydrogen (secondary N) is 1. The van der Waals surface area contributed by atoms with Crippen molar-refractivity contribution in [1.82, 2.24) is 10.2 Å². The van der Waals surface area contributed by atoms with E-state index in [2.05, 4.69) is 5.32 Å². The molecule has 7 heteroatoms. The second kappa shape index (κ2) is 8.17. The third-order valence-corrected chi connectivity index (χ3v) is 3.06. The highest BCUT2D eigenvalue weighted by Gasteiger charge is 2.40. The molecule has 1 rings (SSSR count). The average Bonchev–Trinajstić information content (AvgIpc) is 2.61. The molecule has 0 aromatic carbocycles. The summed E-state index contributed by atoms with van der Waals surface area (Å²) in [5, 5.41) is 9.34. The molecule has 0 bridgehead atoms. The number of ether oxygens (including phenoxy) is 1. The number of carbonyl (C=O) groups is 2. The Balaban J connectivity index is 0.00000191. The van der Waals surface area contributed by atoms with E-state index >= 15 is 0 Å². The van der Waals surface area contributed by atoms with E-state index in [1.165, 1.54) is 11.9 Å². The van der Waals surface area contributed by atoms with Crippen LogP contribution in [0.3, 0.4) is 0 Å². The lowest BCUT2D eigenvalue weighted by molar-refractivity contribution is -0.133. The Morgan fingerprint density at radius 2 is 1.81 bits per heavy atom. The molecule has 0 aromatic heterocycles. The zero-order valence-electron chi connectivity index (χ0n) is 13.5. The van der Waals surface area contributed by atoms with Gasteiger partial charge in [0.05, 0.1) is 0 Å². The molecule has 1 unspecified atom stereocenters. The molecule has 124 valence electrons. The Labute approximate surface area is 125 Å². The van der Waals surface area contributed by atoms with Crippen LogP contribution in [0, 0.1) is 0 Å². The van der Waals surface area contributed by atoms with Gasteiger partial charge >= 0.3 is 6.09 Å². The highest BCUT2D eigenvalue weighted by molar-refractivity contribution is 5.84. The fourth-order valence-corrected chi connectivity index (χ4v) is 2.06. The third kappa shape index (κ3) is 6.29. The number of carbonyl (C=O) groups excluding carboxylic acids is 2. The summed E-state index contributed by atoms with van der Waals surface area (Å²) in [6.07, 6.45) is 0.134. The van der Waals surface area contributed by atoms with Crippen LogP contribution in [-0.4, -0.2) is 60.5 Å². The Hall–Kier alpha value is -1.37. The van der Waals surface area contributed by atoms with E-state index < -0.39 is 23.3 Å². The van der Waals surface area contributed by atoms with Crippen molar-refractivity contribution in [2.24, 2.45) is 0 Å². The number of alkyl halides is 1. The van der Waals surface area contributed by atoms with E-state index in [0.29, 0.717) is 13.0 Å². The van der Waals surface area contributed by atoms with Crippen LogP contribution < -0.4 is 5.32 Å². The van der Waals surface area contributed by atoms with Crippen molar-refractivity contribution in [2.45, 2.75) is 51.3 Å². The summed E-state index contributed by atoms with van der Waals surface area (Å²) in [5.74, 6) is -0.612. The summed E-state index contributed by atoms with van der Waals surface area (Å²) < 4.78 is 19.7. The maximum Gasteiger partial charge on any atom is 0.410 e. The van der Waals surface area contributed by atoms with Crippen LogP contribution in [0.15, 0.2) is 0 Å². The maximum absolute atomic E-state index is 14.4. The number of halogens is 1. The second-order valence-electron chi connectivity index (χ2n) is 5.87. The summed E-state index contributed by atoms with van der Waals surface area (Å²) in [6.45, 7) is 5.96. The van der Waals surface area contributed by atoms with Crippen molar-refractivity contribution in [1.29, 1.82) is 0 Å². The number of aliphatic hydroxyl groups is 1. The molecule has 0 spiro atoms. The minimum atomic E-state index is -1.88. The first-order chi connectivity index (χ1) is 9.68. The van der Waals surface area contributed by atoms with Gasteiger partial charge in [-0.2, -0.15) is 0 Å². The molecule has 0 aromatic rings. The van der Waals surface area contributed by atoms with Gasteiger partial charge in [-0.25, -0.2) is 9.18 Å². The summed E-state index contributed by atoms with van der Waals surface area (Å²) >= 11 is 0. The Kier molecular flexibility index (Phi) is 7.63. The van der Waals surface area contributed by atoms with Gasteiger partial charge in [-0.3, -0.25) is 4.79 Å². The van der Waals surface area contributed by atoms with Crippen LogP contribution in [0.2, 0.25) is 0 Å². The first kappa shape index (κ1) is 19.6. The third-order valence-electron chi connectivity index (χ3n) is 3.06. The first-order valence-electron chi connectivity index (χ1n) is 7.02. The number of likely N-dealkylation sites (tertiary alicyclic amines) is 1. The van der Waals surface area contributed by atoms with Crippen molar-refractivity contribution < 1.29 is 23.8 Å². The van der Waals surface area contributed by atoms with Crippen LogP contribution in [0.4, 0.5) is 9.18 Å². The van der Waals surface area contributed by atoms with Crippen LogP contribution in [-0.2, 0) is 9.53 Å². The van der Waals surface area contributed by atoms with E-state index in [9.17, 15) is 14.0 Å². The normalized spacial score (nSPS) is 22.5. The van der Waals surface area contributed by atoms with E-state index in [1.54, 1.807) is 20.8 Å². The molecular weight excluding hydrogens is 279 g/mol. The smallest absolute Gasteiger partial charge is 0.410 e. The monoisotopic (exact) mass is 306 g/mol. The minimum absolute atomic E-state index is 0.00587. The highest BCUT2D eigenvalue weighted by Crippen LogP contribution is 2.27. The lowest BCUT2D eigenvalue weighted by atomic mass is 9.96. The summed E-state index contributed by atoms with van der Waals surface area (Å²) in [5.41, 5.74) is -2.46. The summed E-state index contributed by atoms with van der Waals surface area (Å²) in [7, 11) is 2.42. The quantitative estimate of drug-likeness (QED) is 0.769. The van der Waals surface area contributed by atoms with Crippen molar-refractivity contribution in [3.63, 3.8) is 0 Å². The van der Waals surface area contributed by atoms with E-state index in [4.69, 9.17) is 9.84 Å². The number of hydrogen-bond donors (Lipinski definition) is 2. The maximum atomic E-state index is 14.4. The molecule has 1 aliphatic heterocycles. The molecule has 1 aliphatic rings. The predicted octanol–water partition coefficient (Wildman–Crippen LogP) is 1.47. The van der Waals surface area contributed by atoms with E-state index in [0.717, 1.165) is 7.11 Å². The van der Waals surface area contributed by atoms with E-state index in [1.807, 2.05) is 0 Å². The number of nitrogens with zero attached hydrogens (tertiary/aromatic N) is 1. The van der Waals surface area contributed by atoms with E-state index in [-0.39, 0.29) is 19.4 Å². The number of amides is 2. The van der Waals surface area contributed by atoms with Gasteiger partial charge in [0.2, 0.25) is 0 Å². The van der Waals surface area contributed by atoms with Crippen molar-refractivity contribution in [3.05, 3.63) is 0 Å². The summed E-state index contributed by atoms with van der Waals surface area (Å²) in [4.78, 5) is 24.9. The molecule has 0 radical (unpaired) electrons. The molecule has 1 saturated heterocycles. The lowest BCUT2D eigenvalue weighted by Crippen LogP contribution is -2.43. The van der Waals surface area contributed by atoms with Crippen molar-refractivity contribution >= 4 is 12.0 Å². The van der Waals surface area contributed by atoms with Crippen LogP contribution >= 0.6 is 0 Å². The molecule has 1 atom stereocenters. The van der Waals surface area contributed by atoms with Gasteiger partial charge in [0.15, 0.2) is 5.67 Å². The van der Waals surface area contributed by atoms with Crippen LogP contribution in [0.5, 0.6) is 0 Å². The fourth-order valence-electron chi connectivity index (χ4n) is 2.06. The molecule has 21 heavy (non-hydrogen) atoms. The largest absolute Gasteiger partial charge is 0.444 e. The van der Waals surface area contributed by atoms with Gasteiger partial charge in [0.25, 0.3) is 5.91 Å². The number of rotatable bonds is 1. The first-order valence-corrected chi connectivity index (χ1v) is 7.02. The highest BCUT2D eigenvalue weighted by atomic mass is 19.1. The van der Waals surface area contributed by atoms with Crippen LogP contribution in [0.25, 0.3) is 0 Å². The molecule has 2 N–H and O–H groups in total. The number of hydrogen-bond acceptors (Lipinski definition) is 4. The van der Waals surface area contributed by atoms with Gasteiger partial charge in [-0.05, 0) is 33.6 Å². The van der Waals surface area contributed by atoms with Gasteiger partial charge < -0.3 is 20.1 Å². The molecule has 2 amide bonds. The zero-order chi connectivity index (χ0) is 16.7. The van der Waals surface area contributed by atoms with Gasteiger partial charge in [0, 0.05) is 33.7 Å². The molecule has 0 aliphatic carbocycles. The molecular formula is C14H27FN2O4. The number of aliphatic hydroxyl groups excluding tert-OH is 1. The SMILES string of the molecule is CNC(=O)C1(F)CCCN(C(=O)OC(C)(C)C)CC1.CO. The molecule has 6 nitrogen and oxygen atoms in total. The molecule has 0 saturated carbocycles. The van der Waals surface area contributed by atoms with Crippen molar-refractivity contribution in [3.8, 4) is 0 Å². The van der Waals surface area contributed by atoms with Gasteiger partial charge in [-0.15, -0.1) is 0 Å². The standard InChI is InChI=1S/C13H23FN2O3.CH4O/c1-12(2,3)19-11(18)16-8-5-6-13(14,7-9-16)10(17)15-4;1-2/h5-9H2,1-4H3,(H,15,17);2H,1H3.